The van der Waals surface area contributed by atoms with Crippen molar-refractivity contribution in [3.63, 3.8) is 0 Å². The summed E-state index contributed by atoms with van der Waals surface area (Å²) in [6.07, 6.45) is 1.35. The standard InChI is InChI=1S/C4H7I2.Al.H2/c1-4(6)2-3-5;;/h4H,1-3H2;;1H. The Labute approximate surface area is 82.0 Å². The minimum absolute atomic E-state index is 0. The fraction of sp³-hybridized carbons (Fsp3) is 1.00. The van der Waals surface area contributed by atoms with Crippen molar-refractivity contribution in [3.8, 4) is 0 Å². The molecule has 0 saturated heterocycles. The van der Waals surface area contributed by atoms with Crippen molar-refractivity contribution < 1.29 is 1.43 Å². The smallest absolute Gasteiger partial charge is 0.106 e. The molecule has 0 N–H and O–H groups in total. The van der Waals surface area contributed by atoms with E-state index in [4.69, 9.17) is 0 Å². The Morgan fingerprint density at radius 2 is 2.29 bits per heavy atom. The van der Waals surface area contributed by atoms with Gasteiger partial charge in [0.2, 0.25) is 0 Å². The van der Waals surface area contributed by atoms with Gasteiger partial charge in [-0.25, -0.2) is 0 Å². The first-order chi connectivity index (χ1) is 3.31. The highest BCUT2D eigenvalue weighted by molar-refractivity contribution is 14.1. The van der Waals surface area contributed by atoms with Crippen molar-refractivity contribution in [1.82, 2.24) is 0 Å². The molecule has 0 aromatic carbocycles. The summed E-state index contributed by atoms with van der Waals surface area (Å²) in [5, 5.41) is 1.24. The lowest BCUT2D eigenvalue weighted by Gasteiger charge is -2.00. The molecular formula is C4H9AlI2. The predicted octanol–water partition coefficient (Wildman–Crippen LogP) is 2.45. The van der Waals surface area contributed by atoms with E-state index in [1.807, 2.05) is 0 Å². The molecule has 0 aliphatic heterocycles. The molecular weight excluding hydrogens is 329 g/mol. The van der Waals surface area contributed by atoms with Crippen molar-refractivity contribution in [1.29, 1.82) is 0 Å². The van der Waals surface area contributed by atoms with Gasteiger partial charge in [0.05, 0.1) is 0 Å². The van der Waals surface area contributed by atoms with Crippen LogP contribution in [0, 0.1) is 0 Å². The number of halogens is 2. The molecule has 0 bridgehead atoms. The van der Waals surface area contributed by atoms with E-state index < -0.39 is 0 Å². The van der Waals surface area contributed by atoms with Crippen LogP contribution in [0.1, 0.15) is 7.85 Å². The van der Waals surface area contributed by atoms with Crippen LogP contribution in [0.4, 0.5) is 0 Å². The SMILES string of the molecule is [Al][CH2]C(I)CCI.[HH]. The lowest BCUT2D eigenvalue weighted by atomic mass is 10.4. The van der Waals surface area contributed by atoms with Gasteiger partial charge in [-0.2, -0.15) is 0 Å². The zero-order chi connectivity index (χ0) is 5.70. The van der Waals surface area contributed by atoms with Crippen LogP contribution in [-0.4, -0.2) is 24.6 Å². The zero-order valence-electron chi connectivity index (χ0n) is 4.03. The lowest BCUT2D eigenvalue weighted by molar-refractivity contribution is 0.960. The third-order valence-electron chi connectivity index (χ3n) is 0.678. The minimum atomic E-state index is 0. The summed E-state index contributed by atoms with van der Waals surface area (Å²) in [7, 11) is 0. The number of rotatable bonds is 3. The first-order valence-electron chi connectivity index (χ1n) is 2.21. The second-order valence-electron chi connectivity index (χ2n) is 1.31. The Kier molecular flexibility index (Phi) is 7.86. The van der Waals surface area contributed by atoms with Crippen molar-refractivity contribution in [3.05, 3.63) is 0 Å². The average Bonchev–Trinajstić information content (AvgIpc) is 1.68. The molecule has 0 heterocycles. The maximum Gasteiger partial charge on any atom is 0.119 e. The second kappa shape index (κ2) is 6.12. The fourth-order valence-electron chi connectivity index (χ4n) is 0.236. The van der Waals surface area contributed by atoms with Gasteiger partial charge in [0.15, 0.2) is 0 Å². The molecule has 1 unspecified atom stereocenters. The Hall–Kier alpha value is 1.99. The van der Waals surface area contributed by atoms with Gasteiger partial charge in [0.25, 0.3) is 0 Å². The van der Waals surface area contributed by atoms with E-state index in [1.54, 1.807) is 0 Å². The molecule has 0 nitrogen and oxygen atoms in total. The summed E-state index contributed by atoms with van der Waals surface area (Å²) in [5.41, 5.74) is 0. The van der Waals surface area contributed by atoms with Crippen molar-refractivity contribution in [2.75, 3.05) is 4.43 Å². The molecule has 7 heavy (non-hydrogen) atoms. The summed E-state index contributed by atoms with van der Waals surface area (Å²) in [6, 6.07) is 0. The van der Waals surface area contributed by atoms with Crippen LogP contribution < -0.4 is 0 Å². The largest absolute Gasteiger partial charge is 0.119 e. The van der Waals surface area contributed by atoms with Crippen LogP contribution in [-0.2, 0) is 0 Å². The van der Waals surface area contributed by atoms with Crippen LogP contribution in [0.5, 0.6) is 0 Å². The molecule has 1 atom stereocenters. The Balaban J connectivity index is 0. The maximum atomic E-state index is 2.76. The van der Waals surface area contributed by atoms with E-state index in [2.05, 4.69) is 61.5 Å². The van der Waals surface area contributed by atoms with E-state index in [1.165, 1.54) is 16.1 Å². The molecule has 0 aliphatic carbocycles. The monoisotopic (exact) mass is 338 g/mol. The number of hydrogen-bond donors (Lipinski definition) is 0. The van der Waals surface area contributed by atoms with Gasteiger partial charge in [-0.1, -0.05) is 45.2 Å². The molecule has 0 fully saturated rings. The molecule has 3 heteroatoms. The molecule has 0 saturated carbocycles. The van der Waals surface area contributed by atoms with E-state index in [9.17, 15) is 0 Å². The average molecular weight is 338 g/mol. The van der Waals surface area contributed by atoms with Gasteiger partial charge in [-0.05, 0) is 10.3 Å². The van der Waals surface area contributed by atoms with Crippen LogP contribution >= 0.6 is 45.2 Å². The van der Waals surface area contributed by atoms with E-state index in [0.717, 1.165) is 3.92 Å². The predicted molar refractivity (Wildman–Crippen MR) is 54.0 cm³/mol. The van der Waals surface area contributed by atoms with Crippen molar-refractivity contribution in [2.24, 2.45) is 0 Å². The molecule has 0 spiro atoms. The fourth-order valence-corrected chi connectivity index (χ4v) is 2.73. The summed E-state index contributed by atoms with van der Waals surface area (Å²) < 4.78 is 2.17. The summed E-state index contributed by atoms with van der Waals surface area (Å²) in [5.74, 6) is 0. The van der Waals surface area contributed by atoms with Crippen LogP contribution in [0.3, 0.4) is 0 Å². The topological polar surface area (TPSA) is 0 Å². The first-order valence-corrected chi connectivity index (χ1v) is 5.80. The normalized spacial score (nSPS) is 14.0. The Morgan fingerprint density at radius 3 is 2.43 bits per heavy atom. The van der Waals surface area contributed by atoms with E-state index in [0.29, 0.717) is 0 Å². The van der Waals surface area contributed by atoms with Crippen LogP contribution in [0.25, 0.3) is 0 Å². The van der Waals surface area contributed by atoms with E-state index in [-0.39, 0.29) is 1.43 Å². The molecule has 0 aromatic rings. The third kappa shape index (κ3) is 5.87. The second-order valence-corrected chi connectivity index (χ2v) is 4.62. The van der Waals surface area contributed by atoms with Crippen molar-refractivity contribution >= 4 is 61.5 Å². The molecule has 42 valence electrons. The number of hydrogen-bond acceptors (Lipinski definition) is 0. The molecule has 2 radical (unpaired) electrons. The highest BCUT2D eigenvalue weighted by atomic mass is 127. The lowest BCUT2D eigenvalue weighted by Crippen LogP contribution is -1.94. The van der Waals surface area contributed by atoms with Gasteiger partial charge in [0.1, 0.15) is 16.3 Å². The third-order valence-corrected chi connectivity index (χ3v) is 3.96. The zero-order valence-corrected chi connectivity index (χ0v) is 9.50. The maximum absolute atomic E-state index is 2.76. The first kappa shape index (κ1) is 8.99. The van der Waals surface area contributed by atoms with Gasteiger partial charge >= 0.3 is 0 Å². The van der Waals surface area contributed by atoms with Crippen molar-refractivity contribution in [2.45, 2.75) is 15.6 Å². The minimum Gasteiger partial charge on any atom is -0.106 e. The Morgan fingerprint density at radius 1 is 1.71 bits per heavy atom. The van der Waals surface area contributed by atoms with Gasteiger partial charge in [0, 0.05) is 5.85 Å². The molecule has 0 aliphatic rings. The summed E-state index contributed by atoms with van der Waals surface area (Å²) >= 11 is 7.65. The molecule has 0 amide bonds. The van der Waals surface area contributed by atoms with Gasteiger partial charge < -0.3 is 0 Å². The molecule has 0 rings (SSSR count). The highest BCUT2D eigenvalue weighted by Crippen LogP contribution is 2.10. The molecule has 0 aromatic heterocycles. The van der Waals surface area contributed by atoms with Gasteiger partial charge in [-0.15, -0.1) is 5.28 Å². The van der Waals surface area contributed by atoms with Crippen LogP contribution in [0.15, 0.2) is 0 Å². The highest BCUT2D eigenvalue weighted by Gasteiger charge is 1.94. The van der Waals surface area contributed by atoms with Gasteiger partial charge in [-0.3, -0.25) is 0 Å². The van der Waals surface area contributed by atoms with Crippen LogP contribution in [0.2, 0.25) is 5.28 Å². The summed E-state index contributed by atoms with van der Waals surface area (Å²) in [6.45, 7) is 0. The van der Waals surface area contributed by atoms with E-state index >= 15 is 0 Å². The Bertz CT molecular complexity index is 45.0. The number of alkyl halides is 2. The quantitative estimate of drug-likeness (QED) is 0.421. The summed E-state index contributed by atoms with van der Waals surface area (Å²) in [4.78, 5) is 0.